The van der Waals surface area contributed by atoms with Crippen LogP contribution in [0.15, 0.2) is 36.4 Å². The molecule has 3 heteroatoms. The van der Waals surface area contributed by atoms with E-state index in [4.69, 9.17) is 5.73 Å². The number of nitrogens with two attached hydrogens (primary N) is 1. The minimum absolute atomic E-state index is 0.212. The lowest BCUT2D eigenvalue weighted by Crippen LogP contribution is -2.48. The summed E-state index contributed by atoms with van der Waals surface area (Å²) in [5, 5.41) is 0. The van der Waals surface area contributed by atoms with E-state index in [1.54, 1.807) is 6.07 Å². The lowest BCUT2D eigenvalue weighted by molar-refractivity contribution is 0.209. The predicted molar refractivity (Wildman–Crippen MR) is 86.6 cm³/mol. The first-order valence-electron chi connectivity index (χ1n) is 7.92. The van der Waals surface area contributed by atoms with Gasteiger partial charge in [0.2, 0.25) is 0 Å². The van der Waals surface area contributed by atoms with Crippen LogP contribution < -0.4 is 5.73 Å². The Morgan fingerprint density at radius 1 is 1.24 bits per heavy atom. The minimum Gasteiger partial charge on any atom is -0.320 e. The highest BCUT2D eigenvalue weighted by Crippen LogP contribution is 2.29. The van der Waals surface area contributed by atoms with Gasteiger partial charge in [0.05, 0.1) is 5.54 Å². The molecule has 1 aliphatic rings. The van der Waals surface area contributed by atoms with Gasteiger partial charge in [0.25, 0.3) is 0 Å². The maximum atomic E-state index is 14.2. The second-order valence-corrected chi connectivity index (χ2v) is 6.46. The molecule has 1 aromatic carbocycles. The highest BCUT2D eigenvalue weighted by atomic mass is 19.1. The SMILES string of the molecule is C=C(C)CC(N)(CN1CCCCCC1)c1ccccc1F. The van der Waals surface area contributed by atoms with Gasteiger partial charge in [-0.3, -0.25) is 0 Å². The van der Waals surface area contributed by atoms with E-state index in [-0.39, 0.29) is 5.82 Å². The molecule has 1 heterocycles. The van der Waals surface area contributed by atoms with Crippen molar-refractivity contribution >= 4 is 0 Å². The van der Waals surface area contributed by atoms with Crippen molar-refractivity contribution in [2.75, 3.05) is 19.6 Å². The molecule has 0 bridgehead atoms. The van der Waals surface area contributed by atoms with Gasteiger partial charge in [0.15, 0.2) is 0 Å². The topological polar surface area (TPSA) is 29.3 Å². The van der Waals surface area contributed by atoms with Gasteiger partial charge in [0, 0.05) is 12.1 Å². The Kier molecular flexibility index (Phi) is 5.54. The van der Waals surface area contributed by atoms with E-state index < -0.39 is 5.54 Å². The molecule has 0 amide bonds. The average Bonchev–Trinajstić information content (AvgIpc) is 2.66. The van der Waals surface area contributed by atoms with Crippen LogP contribution in [0.4, 0.5) is 4.39 Å². The summed E-state index contributed by atoms with van der Waals surface area (Å²) in [6, 6.07) is 6.89. The van der Waals surface area contributed by atoms with E-state index in [2.05, 4.69) is 11.5 Å². The van der Waals surface area contributed by atoms with E-state index in [0.29, 0.717) is 18.5 Å². The fourth-order valence-corrected chi connectivity index (χ4v) is 3.33. The van der Waals surface area contributed by atoms with Crippen molar-refractivity contribution in [2.45, 2.75) is 44.6 Å². The van der Waals surface area contributed by atoms with Gasteiger partial charge in [-0.1, -0.05) is 36.6 Å². The number of hydrogen-bond acceptors (Lipinski definition) is 2. The lowest BCUT2D eigenvalue weighted by Gasteiger charge is -2.36. The molecule has 1 atom stereocenters. The molecule has 0 radical (unpaired) electrons. The monoisotopic (exact) mass is 290 g/mol. The molecular weight excluding hydrogens is 263 g/mol. The van der Waals surface area contributed by atoms with Crippen molar-refractivity contribution in [3.63, 3.8) is 0 Å². The highest BCUT2D eigenvalue weighted by molar-refractivity contribution is 5.28. The van der Waals surface area contributed by atoms with Crippen molar-refractivity contribution in [2.24, 2.45) is 5.73 Å². The Hall–Kier alpha value is -1.19. The Labute approximate surface area is 127 Å². The van der Waals surface area contributed by atoms with Crippen molar-refractivity contribution in [1.82, 2.24) is 4.90 Å². The van der Waals surface area contributed by atoms with Crippen molar-refractivity contribution in [1.29, 1.82) is 0 Å². The zero-order valence-electron chi connectivity index (χ0n) is 13.1. The van der Waals surface area contributed by atoms with Crippen LogP contribution in [-0.4, -0.2) is 24.5 Å². The first kappa shape index (κ1) is 16.2. The fourth-order valence-electron chi connectivity index (χ4n) is 3.33. The Morgan fingerprint density at radius 3 is 2.43 bits per heavy atom. The third-order valence-electron chi connectivity index (χ3n) is 4.23. The summed E-state index contributed by atoms with van der Waals surface area (Å²) >= 11 is 0. The molecule has 0 aliphatic carbocycles. The molecule has 21 heavy (non-hydrogen) atoms. The highest BCUT2D eigenvalue weighted by Gasteiger charge is 2.32. The summed E-state index contributed by atoms with van der Waals surface area (Å²) in [5.74, 6) is -0.212. The second kappa shape index (κ2) is 7.19. The van der Waals surface area contributed by atoms with E-state index in [9.17, 15) is 4.39 Å². The molecule has 1 aliphatic heterocycles. The first-order chi connectivity index (χ1) is 10.0. The van der Waals surface area contributed by atoms with E-state index >= 15 is 0 Å². The molecule has 1 aromatic rings. The molecule has 1 fully saturated rings. The third kappa shape index (κ3) is 4.39. The average molecular weight is 290 g/mol. The number of hydrogen-bond donors (Lipinski definition) is 1. The maximum absolute atomic E-state index is 14.2. The first-order valence-corrected chi connectivity index (χ1v) is 7.92. The second-order valence-electron chi connectivity index (χ2n) is 6.46. The molecule has 1 unspecified atom stereocenters. The number of nitrogens with zero attached hydrogens (tertiary/aromatic N) is 1. The van der Waals surface area contributed by atoms with Crippen LogP contribution in [0, 0.1) is 5.82 Å². The Morgan fingerprint density at radius 2 is 1.86 bits per heavy atom. The number of likely N-dealkylation sites (tertiary alicyclic amines) is 1. The van der Waals surface area contributed by atoms with E-state index in [0.717, 1.165) is 18.7 Å². The number of halogens is 1. The van der Waals surface area contributed by atoms with Crippen molar-refractivity contribution in [3.05, 3.63) is 47.8 Å². The largest absolute Gasteiger partial charge is 0.320 e. The molecule has 0 spiro atoms. The smallest absolute Gasteiger partial charge is 0.128 e. The van der Waals surface area contributed by atoms with Gasteiger partial charge in [0.1, 0.15) is 5.82 Å². The summed E-state index contributed by atoms with van der Waals surface area (Å²) in [6.45, 7) is 8.76. The van der Waals surface area contributed by atoms with Crippen molar-refractivity contribution < 1.29 is 4.39 Å². The molecule has 2 rings (SSSR count). The molecule has 0 saturated carbocycles. The zero-order chi connectivity index (χ0) is 15.3. The molecule has 2 N–H and O–H groups in total. The van der Waals surface area contributed by atoms with Crippen LogP contribution in [0.1, 0.15) is 44.6 Å². The van der Waals surface area contributed by atoms with Crippen LogP contribution in [0.3, 0.4) is 0 Å². The minimum atomic E-state index is -0.693. The summed E-state index contributed by atoms with van der Waals surface area (Å²) in [7, 11) is 0. The van der Waals surface area contributed by atoms with Crippen LogP contribution in [-0.2, 0) is 5.54 Å². The van der Waals surface area contributed by atoms with E-state index in [1.807, 2.05) is 19.1 Å². The normalized spacial score (nSPS) is 19.8. The van der Waals surface area contributed by atoms with Crippen molar-refractivity contribution in [3.8, 4) is 0 Å². The quantitative estimate of drug-likeness (QED) is 0.835. The molecule has 2 nitrogen and oxygen atoms in total. The summed E-state index contributed by atoms with van der Waals surface area (Å²) < 4.78 is 14.2. The van der Waals surface area contributed by atoms with Crippen LogP contribution >= 0.6 is 0 Å². The van der Waals surface area contributed by atoms with E-state index in [1.165, 1.54) is 31.7 Å². The van der Waals surface area contributed by atoms with Crippen LogP contribution in [0.5, 0.6) is 0 Å². The number of rotatable bonds is 5. The fraction of sp³-hybridized carbons (Fsp3) is 0.556. The van der Waals surface area contributed by atoms with Crippen LogP contribution in [0.2, 0.25) is 0 Å². The van der Waals surface area contributed by atoms with Gasteiger partial charge in [-0.2, -0.15) is 0 Å². The molecule has 0 aromatic heterocycles. The predicted octanol–water partition coefficient (Wildman–Crippen LogP) is 3.82. The molecule has 1 saturated heterocycles. The summed E-state index contributed by atoms with van der Waals surface area (Å²) in [6.07, 6.45) is 5.60. The van der Waals surface area contributed by atoms with Gasteiger partial charge in [-0.25, -0.2) is 4.39 Å². The summed E-state index contributed by atoms with van der Waals surface area (Å²) in [4.78, 5) is 2.39. The Bertz CT molecular complexity index is 478. The summed E-state index contributed by atoms with van der Waals surface area (Å²) in [5.41, 5.74) is 7.57. The Balaban J connectivity index is 2.24. The van der Waals surface area contributed by atoms with Gasteiger partial charge in [-0.15, -0.1) is 6.58 Å². The molecular formula is C18H27FN2. The maximum Gasteiger partial charge on any atom is 0.128 e. The van der Waals surface area contributed by atoms with Gasteiger partial charge < -0.3 is 10.6 Å². The standard InChI is InChI=1S/C18H27FN2/c1-15(2)13-18(20,16-9-5-6-10-17(16)19)14-21-11-7-3-4-8-12-21/h5-6,9-10H,1,3-4,7-8,11-14,20H2,2H3. The zero-order valence-corrected chi connectivity index (χ0v) is 13.1. The third-order valence-corrected chi connectivity index (χ3v) is 4.23. The van der Waals surface area contributed by atoms with Gasteiger partial charge >= 0.3 is 0 Å². The van der Waals surface area contributed by atoms with Gasteiger partial charge in [-0.05, 0) is 45.3 Å². The van der Waals surface area contributed by atoms with Crippen LogP contribution in [0.25, 0.3) is 0 Å². The molecule has 116 valence electrons. The number of benzene rings is 1. The lowest BCUT2D eigenvalue weighted by atomic mass is 9.84.